The molecule has 3 nitrogen and oxygen atoms in total. The van der Waals surface area contributed by atoms with Crippen LogP contribution in [0.4, 0.5) is 0 Å². The van der Waals surface area contributed by atoms with E-state index in [-0.39, 0.29) is 0 Å². The molecule has 0 aliphatic heterocycles. The summed E-state index contributed by atoms with van der Waals surface area (Å²) in [5, 5.41) is 2.48. The summed E-state index contributed by atoms with van der Waals surface area (Å²) in [5.74, 6) is 0.941. The molecule has 0 atom stereocenters. The van der Waals surface area contributed by atoms with Crippen LogP contribution in [0.2, 0.25) is 0 Å². The Morgan fingerprint density at radius 2 is 0.848 bits per heavy atom. The average Bonchev–Trinajstić information content (AvgIpc) is 3.68. The second-order valence-electron chi connectivity index (χ2n) is 11.7. The number of hydrogen-bond acceptors (Lipinski definition) is 1. The largest absolute Gasteiger partial charge is 0.309 e. The first-order valence-electron chi connectivity index (χ1n) is 15.6. The highest BCUT2D eigenvalue weighted by atomic mass is 15.1. The Morgan fingerprint density at radius 1 is 0.326 bits per heavy atom. The highest BCUT2D eigenvalue weighted by Gasteiger charge is 2.17. The van der Waals surface area contributed by atoms with Crippen LogP contribution in [0.3, 0.4) is 0 Å². The molecule has 0 spiro atoms. The first-order valence-corrected chi connectivity index (χ1v) is 15.6. The summed E-state index contributed by atoms with van der Waals surface area (Å²) >= 11 is 0. The third-order valence-electron chi connectivity index (χ3n) is 8.94. The number of nitrogens with zero attached hydrogens (tertiary/aromatic N) is 3. The Bertz CT molecular complexity index is 2490. The third kappa shape index (κ3) is 4.33. The zero-order valence-electron chi connectivity index (χ0n) is 25.1. The minimum Gasteiger partial charge on any atom is -0.309 e. The van der Waals surface area contributed by atoms with Crippen molar-refractivity contribution in [1.82, 2.24) is 14.1 Å². The summed E-state index contributed by atoms with van der Waals surface area (Å²) in [6.45, 7) is 0. The highest BCUT2D eigenvalue weighted by Crippen LogP contribution is 2.37. The van der Waals surface area contributed by atoms with Crippen LogP contribution in [0.15, 0.2) is 176 Å². The van der Waals surface area contributed by atoms with Crippen molar-refractivity contribution in [2.75, 3.05) is 0 Å². The van der Waals surface area contributed by atoms with E-state index in [1.807, 2.05) is 6.07 Å². The van der Waals surface area contributed by atoms with Crippen LogP contribution in [-0.2, 0) is 0 Å². The fraction of sp³-hybridized carbons (Fsp3) is 0. The molecule has 216 valence electrons. The fourth-order valence-corrected chi connectivity index (χ4v) is 6.74. The van der Waals surface area contributed by atoms with Gasteiger partial charge < -0.3 is 4.57 Å². The lowest BCUT2D eigenvalue weighted by molar-refractivity contribution is 1.10. The summed E-state index contributed by atoms with van der Waals surface area (Å²) in [7, 11) is 0. The van der Waals surface area contributed by atoms with E-state index in [2.05, 4.69) is 179 Å². The molecule has 0 N–H and O–H groups in total. The van der Waals surface area contributed by atoms with Crippen LogP contribution >= 0.6 is 0 Å². The molecule has 9 rings (SSSR count). The van der Waals surface area contributed by atoms with Gasteiger partial charge in [0.1, 0.15) is 5.82 Å². The van der Waals surface area contributed by atoms with Crippen LogP contribution in [0.1, 0.15) is 0 Å². The van der Waals surface area contributed by atoms with E-state index in [9.17, 15) is 0 Å². The quantitative estimate of drug-likeness (QED) is 0.196. The second kappa shape index (κ2) is 10.8. The van der Waals surface area contributed by atoms with Gasteiger partial charge in [-0.05, 0) is 76.9 Å². The molecule has 0 fully saturated rings. The molecule has 0 unspecified atom stereocenters. The van der Waals surface area contributed by atoms with Crippen molar-refractivity contribution in [3.8, 4) is 45.0 Å². The Kier molecular flexibility index (Phi) is 6.14. The molecular weight excluding hydrogens is 558 g/mol. The fourth-order valence-electron chi connectivity index (χ4n) is 6.74. The summed E-state index contributed by atoms with van der Waals surface area (Å²) in [5.41, 5.74) is 12.6. The predicted molar refractivity (Wildman–Crippen MR) is 192 cm³/mol. The van der Waals surface area contributed by atoms with Gasteiger partial charge >= 0.3 is 0 Å². The Morgan fingerprint density at radius 3 is 1.59 bits per heavy atom. The lowest BCUT2D eigenvalue weighted by atomic mass is 10.0. The maximum atomic E-state index is 5.19. The molecule has 0 saturated heterocycles. The van der Waals surface area contributed by atoms with Crippen molar-refractivity contribution >= 4 is 32.8 Å². The molecule has 7 aromatic carbocycles. The van der Waals surface area contributed by atoms with Crippen molar-refractivity contribution in [2.24, 2.45) is 0 Å². The molecule has 0 amide bonds. The number of hydrogen-bond donors (Lipinski definition) is 0. The van der Waals surface area contributed by atoms with Gasteiger partial charge in [0.25, 0.3) is 0 Å². The number of para-hydroxylation sites is 2. The first-order chi connectivity index (χ1) is 22.8. The summed E-state index contributed by atoms with van der Waals surface area (Å²) in [6, 6.07) is 62.5. The maximum absolute atomic E-state index is 5.19. The first kappa shape index (κ1) is 26.2. The van der Waals surface area contributed by atoms with Gasteiger partial charge in [-0.3, -0.25) is 4.57 Å². The second-order valence-corrected chi connectivity index (χ2v) is 11.7. The van der Waals surface area contributed by atoms with Crippen LogP contribution in [0.25, 0.3) is 77.9 Å². The molecule has 9 aromatic rings. The molecule has 2 heterocycles. The minimum absolute atomic E-state index is 0.941. The van der Waals surface area contributed by atoms with Crippen LogP contribution < -0.4 is 0 Å². The van der Waals surface area contributed by atoms with Gasteiger partial charge in [-0.15, -0.1) is 0 Å². The number of fused-ring (bicyclic) bond motifs is 4. The monoisotopic (exact) mass is 587 g/mol. The number of benzene rings is 7. The van der Waals surface area contributed by atoms with E-state index >= 15 is 0 Å². The number of aromatic nitrogens is 3. The molecule has 0 bridgehead atoms. The van der Waals surface area contributed by atoms with Crippen LogP contribution in [0.5, 0.6) is 0 Å². The molecule has 2 aromatic heterocycles. The number of rotatable bonds is 5. The van der Waals surface area contributed by atoms with E-state index in [0.29, 0.717) is 0 Å². The Labute approximate surface area is 267 Å². The molecule has 0 aliphatic carbocycles. The summed E-state index contributed by atoms with van der Waals surface area (Å²) in [6.07, 6.45) is 0. The lowest BCUT2D eigenvalue weighted by Gasteiger charge is -2.10. The third-order valence-corrected chi connectivity index (χ3v) is 8.94. The van der Waals surface area contributed by atoms with Gasteiger partial charge in [-0.1, -0.05) is 121 Å². The predicted octanol–water partition coefficient (Wildman–Crippen LogP) is 11.1. The molecule has 3 heteroatoms. The van der Waals surface area contributed by atoms with E-state index < -0.39 is 0 Å². The zero-order chi connectivity index (χ0) is 30.5. The van der Waals surface area contributed by atoms with E-state index in [4.69, 9.17) is 4.98 Å². The van der Waals surface area contributed by atoms with Crippen molar-refractivity contribution < 1.29 is 0 Å². The number of imidazole rings is 1. The zero-order valence-corrected chi connectivity index (χ0v) is 25.1. The molecular formula is C43H29N3. The molecule has 0 radical (unpaired) electrons. The van der Waals surface area contributed by atoms with Gasteiger partial charge in [-0.25, -0.2) is 4.98 Å². The van der Waals surface area contributed by atoms with Gasteiger partial charge in [0.15, 0.2) is 0 Å². The normalized spacial score (nSPS) is 11.5. The maximum Gasteiger partial charge on any atom is 0.145 e. The topological polar surface area (TPSA) is 22.8 Å². The van der Waals surface area contributed by atoms with E-state index in [1.165, 1.54) is 38.5 Å². The van der Waals surface area contributed by atoms with Crippen molar-refractivity contribution in [1.29, 1.82) is 0 Å². The van der Waals surface area contributed by atoms with E-state index in [1.54, 1.807) is 0 Å². The smallest absolute Gasteiger partial charge is 0.145 e. The SMILES string of the molecule is c1ccc(-c2ccc(-n3c4ccccc4c4cc(-c5ccc6c(c5)nc(-c5ccccc5)n6-c5ccccc5)ccc43)cc2)cc1. The molecule has 46 heavy (non-hydrogen) atoms. The average molecular weight is 588 g/mol. The highest BCUT2D eigenvalue weighted by molar-refractivity contribution is 6.10. The summed E-state index contributed by atoms with van der Waals surface area (Å²) in [4.78, 5) is 5.19. The Balaban J connectivity index is 1.18. The van der Waals surface area contributed by atoms with Gasteiger partial charge in [0.05, 0.1) is 22.1 Å². The van der Waals surface area contributed by atoms with E-state index in [0.717, 1.165) is 39.4 Å². The van der Waals surface area contributed by atoms with Crippen LogP contribution in [0, 0.1) is 0 Å². The Hall–Kier alpha value is -6.19. The van der Waals surface area contributed by atoms with Crippen LogP contribution in [-0.4, -0.2) is 14.1 Å². The van der Waals surface area contributed by atoms with Crippen molar-refractivity contribution in [2.45, 2.75) is 0 Å². The van der Waals surface area contributed by atoms with Gasteiger partial charge in [0, 0.05) is 27.7 Å². The van der Waals surface area contributed by atoms with Crippen molar-refractivity contribution in [3.63, 3.8) is 0 Å². The standard InChI is InChI=1S/C43H29N3/c1-4-12-30(13-5-1)31-20-24-36(25-21-31)45-40-19-11-10-18-37(40)38-28-33(22-26-41(38)45)34-23-27-42-39(29-34)44-43(32-14-6-2-7-15-32)46(42)35-16-8-3-9-17-35/h1-29H. The van der Waals surface area contributed by atoms with Crippen molar-refractivity contribution in [3.05, 3.63) is 176 Å². The minimum atomic E-state index is 0.941. The van der Waals surface area contributed by atoms with Gasteiger partial charge in [-0.2, -0.15) is 0 Å². The molecule has 0 saturated carbocycles. The lowest BCUT2D eigenvalue weighted by Crippen LogP contribution is -1.97. The summed E-state index contributed by atoms with van der Waals surface area (Å²) < 4.78 is 4.63. The molecule has 0 aliphatic rings. The van der Waals surface area contributed by atoms with Gasteiger partial charge in [0.2, 0.25) is 0 Å².